The topological polar surface area (TPSA) is 0 Å². The fourth-order valence-corrected chi connectivity index (χ4v) is 32.8. The van der Waals surface area contributed by atoms with E-state index < -0.39 is 0 Å². The standard InChI is InChI=1S/C68H32N2/c1-69(2)5-65-57-43-33-22-13-9-10-12-17-11(9)18-15-20(13)28(33)39-31-24(15)35-26(18)37-30(17)38-27-19(12)16-21-14(10)23(22)34-29(21)40-32-25(16)36(27)48-52-42(32)54(50(40)58(65)44(34)43)64-56-55-61-51(41(31)53(49(39)57)63(55)68(64,65)8-69)47(35)59-45(37)46(38)60(48)67(62(52)56)7-70(3,4)6-66(59,61)67/h11,15,18,20,41,46,49,51,53,57,60,63H,5-8H2,1-4H3/q+2. The molecule has 2 aliphatic heterocycles. The summed E-state index contributed by atoms with van der Waals surface area (Å²) in [6.07, 6.45) is 0. The second-order valence-corrected chi connectivity index (χ2v) is 31.4. The van der Waals surface area contributed by atoms with Gasteiger partial charge in [-0.1, -0.05) is 0 Å². The Kier molecular flexibility index (Phi) is 2.37. The molecule has 0 aromatic heterocycles. The maximum Gasteiger partial charge on any atom is 0.0931 e. The zero-order valence-corrected chi connectivity index (χ0v) is 38.7. The number of hydrogen-bond donors (Lipinski definition) is 0. The van der Waals surface area contributed by atoms with Crippen molar-refractivity contribution in [1.29, 1.82) is 0 Å². The van der Waals surface area contributed by atoms with Gasteiger partial charge in [-0.3, -0.25) is 0 Å². The average molecular weight is 877 g/mol. The van der Waals surface area contributed by atoms with E-state index in [-0.39, 0.29) is 21.7 Å². The van der Waals surface area contributed by atoms with Gasteiger partial charge in [-0.2, -0.15) is 0 Å². The molecular formula is C68H32N2+2. The lowest BCUT2D eigenvalue weighted by Crippen LogP contribution is -2.64. The summed E-state index contributed by atoms with van der Waals surface area (Å²) in [7, 11) is 11.1. The van der Waals surface area contributed by atoms with Gasteiger partial charge in [0.15, 0.2) is 0 Å². The van der Waals surface area contributed by atoms with Crippen LogP contribution in [0.1, 0.15) is 130 Å². The normalized spacial score (nSPS) is 46.6. The SMILES string of the molecule is C[N+]1(C)CC23C4=C5c6c7c8c9c%10c%11c%12c%13c%14c%15c%16c%17c%18c%19c%20c%21c%22c%23c%24c(c6C6%25C[N+](C)(C)CC%236C%21C6C%21=C%20C%18C%18C%20=C%21C(C4c4c%20c(c-%13c(c42)C%12C9C73C1)C%18C%14%17)C6C5%25)c8c1c%10c(c%11%15)c2c%16c%19c%22c2c%241. The van der Waals surface area contributed by atoms with Crippen molar-refractivity contribution in [3.8, 4) is 11.1 Å². The summed E-state index contributed by atoms with van der Waals surface area (Å²) in [6, 6.07) is 0. The zero-order valence-electron chi connectivity index (χ0n) is 38.7. The minimum atomic E-state index is 0.0904. The summed E-state index contributed by atoms with van der Waals surface area (Å²) >= 11 is 0. The predicted molar refractivity (Wildman–Crippen MR) is 271 cm³/mol. The maximum atomic E-state index is 2.77. The van der Waals surface area contributed by atoms with Crippen LogP contribution in [0, 0.1) is 29.6 Å². The van der Waals surface area contributed by atoms with Gasteiger partial charge in [-0.05, 0) is 259 Å². The van der Waals surface area contributed by atoms with Crippen LogP contribution in [0.2, 0.25) is 0 Å². The summed E-state index contributed by atoms with van der Waals surface area (Å²) < 4.78 is 2.38. The first kappa shape index (κ1) is 27.7. The maximum absolute atomic E-state index is 2.77. The van der Waals surface area contributed by atoms with Gasteiger partial charge in [0.05, 0.1) is 76.0 Å². The quantitative estimate of drug-likeness (QED) is 0.105. The summed E-state index contributed by atoms with van der Waals surface area (Å²) in [6.45, 7) is 5.36. The predicted octanol–water partition coefficient (Wildman–Crippen LogP) is 12.0. The number of benzene rings is 9. The van der Waals surface area contributed by atoms with Crippen LogP contribution in [0.5, 0.6) is 0 Å². The van der Waals surface area contributed by atoms with E-state index in [2.05, 4.69) is 56.0 Å². The van der Waals surface area contributed by atoms with Crippen molar-refractivity contribution < 1.29 is 8.97 Å². The van der Waals surface area contributed by atoms with E-state index >= 15 is 0 Å². The van der Waals surface area contributed by atoms with Crippen molar-refractivity contribution in [3.05, 3.63) is 106 Å². The van der Waals surface area contributed by atoms with Crippen LogP contribution in [-0.2, 0) is 21.7 Å². The summed E-state index contributed by atoms with van der Waals surface area (Å²) in [5.41, 5.74) is 48.4. The van der Waals surface area contributed by atoms with E-state index in [0.29, 0.717) is 65.1 Å². The molecule has 2 saturated heterocycles. The van der Waals surface area contributed by atoms with Crippen molar-refractivity contribution in [2.75, 3.05) is 54.4 Å². The second-order valence-electron chi connectivity index (χ2n) is 31.4. The Hall–Kier alpha value is -5.80. The molecule has 2 nitrogen and oxygen atoms in total. The first-order valence-electron chi connectivity index (χ1n) is 28.4. The van der Waals surface area contributed by atoms with Gasteiger partial charge in [-0.15, -0.1) is 0 Å². The molecule has 20 aliphatic carbocycles. The van der Waals surface area contributed by atoms with E-state index in [1.165, 1.54) is 35.1 Å². The highest BCUT2D eigenvalue weighted by Crippen LogP contribution is 2.98. The minimum Gasteiger partial charge on any atom is -0.327 e. The van der Waals surface area contributed by atoms with Crippen LogP contribution >= 0.6 is 0 Å². The van der Waals surface area contributed by atoms with Gasteiger partial charge in [0, 0.05) is 53.3 Å². The van der Waals surface area contributed by atoms with Crippen LogP contribution in [0.15, 0.2) is 16.7 Å². The molecule has 16 atom stereocenters. The van der Waals surface area contributed by atoms with Crippen molar-refractivity contribution >= 4 is 124 Å². The molecule has 0 bridgehead atoms. The molecule has 312 valence electrons. The molecule has 4 spiro atoms. The van der Waals surface area contributed by atoms with Gasteiger partial charge in [-0.25, -0.2) is 0 Å². The van der Waals surface area contributed by atoms with Crippen molar-refractivity contribution in [3.63, 3.8) is 0 Å². The molecule has 0 radical (unpaired) electrons. The molecule has 12 aromatic rings. The number of likely N-dealkylation sites (N-methyl/N-ethyl adjacent to an activating group) is 2. The molecule has 16 unspecified atom stereocenters. The van der Waals surface area contributed by atoms with E-state index in [0.717, 1.165) is 5.92 Å². The van der Waals surface area contributed by atoms with Crippen LogP contribution < -0.4 is 0 Å². The largest absolute Gasteiger partial charge is 0.327 e. The Labute approximate surface area is 395 Å². The Bertz CT molecular complexity index is 5810. The van der Waals surface area contributed by atoms with Gasteiger partial charge in [0.25, 0.3) is 0 Å². The first-order chi connectivity index (χ1) is 34.3. The minimum absolute atomic E-state index is 0.0904. The zero-order chi connectivity index (χ0) is 42.2. The lowest BCUT2D eigenvalue weighted by atomic mass is 9.38. The van der Waals surface area contributed by atoms with Crippen LogP contribution in [-0.4, -0.2) is 63.3 Å². The molecule has 2 saturated carbocycles. The van der Waals surface area contributed by atoms with E-state index in [1.54, 1.807) is 21.5 Å². The Morgan fingerprint density at radius 3 is 1.74 bits per heavy atom. The average Bonchev–Trinajstić information content (AvgIpc) is 4.16. The highest BCUT2D eigenvalue weighted by atomic mass is 15.4. The summed E-state index contributed by atoms with van der Waals surface area (Å²) in [5.74, 6) is 7.39. The second kappa shape index (κ2) is 5.98. The molecule has 12 aromatic carbocycles. The first-order valence-corrected chi connectivity index (χ1v) is 28.4. The molecule has 70 heavy (non-hydrogen) atoms. The third kappa shape index (κ3) is 1.43. The molecule has 0 N–H and O–H groups in total. The Morgan fingerprint density at radius 1 is 0.300 bits per heavy atom. The molecular weight excluding hydrogens is 845 g/mol. The molecule has 22 aliphatic rings. The molecule has 34 rings (SSSR count). The number of rotatable bonds is 0. The molecule has 4 fully saturated rings. The summed E-state index contributed by atoms with van der Waals surface area (Å²) in [5, 5.41) is 36.8. The van der Waals surface area contributed by atoms with Gasteiger partial charge in [0.1, 0.15) is 0 Å². The van der Waals surface area contributed by atoms with E-state index in [4.69, 9.17) is 0 Å². The van der Waals surface area contributed by atoms with Gasteiger partial charge in [0.2, 0.25) is 0 Å². The number of nitrogens with zero attached hydrogens (tertiary/aromatic N) is 2. The Morgan fingerprint density at radius 2 is 0.886 bits per heavy atom. The smallest absolute Gasteiger partial charge is 0.0931 e. The van der Waals surface area contributed by atoms with Crippen molar-refractivity contribution in [1.82, 2.24) is 0 Å². The lowest BCUT2D eigenvalue weighted by Gasteiger charge is -2.61. The van der Waals surface area contributed by atoms with Gasteiger partial charge < -0.3 is 8.97 Å². The van der Waals surface area contributed by atoms with Crippen molar-refractivity contribution in [2.24, 2.45) is 29.6 Å². The monoisotopic (exact) mass is 876 g/mol. The molecule has 2 heterocycles. The van der Waals surface area contributed by atoms with Crippen LogP contribution in [0.4, 0.5) is 0 Å². The van der Waals surface area contributed by atoms with Crippen molar-refractivity contribution in [2.45, 2.75) is 63.1 Å². The third-order valence-corrected chi connectivity index (χ3v) is 30.8. The van der Waals surface area contributed by atoms with Crippen LogP contribution in [0.25, 0.3) is 136 Å². The molecule has 2 heteroatoms. The van der Waals surface area contributed by atoms with Crippen LogP contribution in [0.3, 0.4) is 0 Å². The number of likely N-dealkylation sites (tertiary alicyclic amines) is 2. The van der Waals surface area contributed by atoms with Gasteiger partial charge >= 0.3 is 0 Å². The summed E-state index contributed by atoms with van der Waals surface area (Å²) in [4.78, 5) is 0. The van der Waals surface area contributed by atoms with E-state index in [1.807, 2.05) is 192 Å². The number of hydrogen-bond acceptors (Lipinski definition) is 0. The fraction of sp³-hybridized carbons (Fsp3) is 0.353. The number of allylic oxidation sites excluding steroid dienone is 5. The molecule has 0 amide bonds. The Balaban J connectivity index is 1.09. The highest BCUT2D eigenvalue weighted by Gasteiger charge is 2.92. The lowest BCUT2D eigenvalue weighted by molar-refractivity contribution is -0.881. The van der Waals surface area contributed by atoms with E-state index in [9.17, 15) is 0 Å². The fourth-order valence-electron chi connectivity index (χ4n) is 32.8. The number of quaternary nitrogens is 2. The highest BCUT2D eigenvalue weighted by molar-refractivity contribution is 6.65. The third-order valence-electron chi connectivity index (χ3n) is 30.8.